The van der Waals surface area contributed by atoms with Crippen LogP contribution < -0.4 is 5.73 Å². The molecule has 1 atom stereocenters. The quantitative estimate of drug-likeness (QED) is 0.907. The van der Waals surface area contributed by atoms with Gasteiger partial charge in [0.25, 0.3) is 0 Å². The summed E-state index contributed by atoms with van der Waals surface area (Å²) in [5.41, 5.74) is 8.01. The van der Waals surface area contributed by atoms with Crippen molar-refractivity contribution in [2.24, 2.45) is 5.73 Å². The number of halogens is 1. The molecule has 2 aliphatic rings. The number of hydrogen-bond acceptors (Lipinski definition) is 2. The second-order valence-corrected chi connectivity index (χ2v) is 6.76. The van der Waals surface area contributed by atoms with Gasteiger partial charge in [-0.25, -0.2) is 0 Å². The first-order chi connectivity index (χ1) is 9.74. The van der Waals surface area contributed by atoms with E-state index < -0.39 is 0 Å². The third-order valence-corrected chi connectivity index (χ3v) is 5.62. The van der Waals surface area contributed by atoms with Crippen LogP contribution in [-0.4, -0.2) is 23.5 Å². The molecule has 0 bridgehead atoms. The van der Waals surface area contributed by atoms with Gasteiger partial charge in [-0.15, -0.1) is 0 Å². The van der Waals surface area contributed by atoms with Gasteiger partial charge in [0.1, 0.15) is 0 Å². The summed E-state index contributed by atoms with van der Waals surface area (Å²) in [5.74, 6) is 0. The molecule has 1 saturated carbocycles. The van der Waals surface area contributed by atoms with E-state index in [1.54, 1.807) is 0 Å². The number of rotatable bonds is 3. The molecule has 1 aliphatic heterocycles. The highest BCUT2D eigenvalue weighted by Crippen LogP contribution is 2.45. The molecule has 2 nitrogen and oxygen atoms in total. The van der Waals surface area contributed by atoms with Gasteiger partial charge in [-0.2, -0.15) is 0 Å². The van der Waals surface area contributed by atoms with Crippen LogP contribution in [-0.2, 0) is 0 Å². The van der Waals surface area contributed by atoms with E-state index in [1.807, 2.05) is 12.1 Å². The van der Waals surface area contributed by atoms with E-state index in [4.69, 9.17) is 17.3 Å². The maximum Gasteiger partial charge on any atom is 0.0497 e. The normalized spacial score (nSPS) is 24.7. The topological polar surface area (TPSA) is 29.3 Å². The average molecular weight is 293 g/mol. The molecule has 0 radical (unpaired) electrons. The van der Waals surface area contributed by atoms with Gasteiger partial charge in [0.05, 0.1) is 0 Å². The van der Waals surface area contributed by atoms with Crippen molar-refractivity contribution in [3.05, 3.63) is 34.9 Å². The Labute approximate surface area is 127 Å². The molecule has 3 rings (SSSR count). The van der Waals surface area contributed by atoms with E-state index in [-0.39, 0.29) is 11.6 Å². The molecular formula is C17H25ClN2. The highest BCUT2D eigenvalue weighted by molar-refractivity contribution is 6.31. The third-order valence-electron chi connectivity index (χ3n) is 5.27. The van der Waals surface area contributed by atoms with Crippen LogP contribution in [0.3, 0.4) is 0 Å². The monoisotopic (exact) mass is 292 g/mol. The van der Waals surface area contributed by atoms with Crippen molar-refractivity contribution in [2.45, 2.75) is 56.5 Å². The zero-order valence-electron chi connectivity index (χ0n) is 12.2. The molecule has 1 unspecified atom stereocenters. The van der Waals surface area contributed by atoms with E-state index in [9.17, 15) is 0 Å². The Bertz CT molecular complexity index is 448. The molecular weight excluding hydrogens is 268 g/mol. The molecule has 1 heterocycles. The lowest BCUT2D eigenvalue weighted by Crippen LogP contribution is -2.55. The van der Waals surface area contributed by atoms with Gasteiger partial charge in [-0.1, -0.05) is 49.1 Å². The largest absolute Gasteiger partial charge is 0.322 e. The predicted octanol–water partition coefficient (Wildman–Crippen LogP) is 4.14. The van der Waals surface area contributed by atoms with Gasteiger partial charge in [-0.3, -0.25) is 4.90 Å². The highest BCUT2D eigenvalue weighted by atomic mass is 35.5. The van der Waals surface area contributed by atoms with E-state index in [2.05, 4.69) is 17.0 Å². The summed E-state index contributed by atoms with van der Waals surface area (Å²) in [6.07, 6.45) is 9.05. The number of hydrogen-bond donors (Lipinski definition) is 1. The van der Waals surface area contributed by atoms with Gasteiger partial charge < -0.3 is 5.73 Å². The predicted molar refractivity (Wildman–Crippen MR) is 85.0 cm³/mol. The molecule has 1 aromatic carbocycles. The van der Waals surface area contributed by atoms with Crippen molar-refractivity contribution < 1.29 is 0 Å². The zero-order valence-corrected chi connectivity index (χ0v) is 12.9. The summed E-state index contributed by atoms with van der Waals surface area (Å²) in [5, 5.41) is 0.822. The summed E-state index contributed by atoms with van der Waals surface area (Å²) in [6.45, 7) is 2.41. The lowest BCUT2D eigenvalue weighted by Gasteiger charge is -2.47. The van der Waals surface area contributed by atoms with Crippen LogP contribution in [0, 0.1) is 0 Å². The van der Waals surface area contributed by atoms with Crippen LogP contribution in [0.4, 0.5) is 0 Å². The van der Waals surface area contributed by atoms with Gasteiger partial charge >= 0.3 is 0 Å². The molecule has 110 valence electrons. The zero-order chi connectivity index (χ0) is 14.0. The van der Waals surface area contributed by atoms with E-state index in [0.29, 0.717) is 0 Å². The Morgan fingerprint density at radius 3 is 2.30 bits per heavy atom. The van der Waals surface area contributed by atoms with E-state index in [1.165, 1.54) is 58.0 Å². The van der Waals surface area contributed by atoms with E-state index >= 15 is 0 Å². The molecule has 1 saturated heterocycles. The SMILES string of the molecule is NC(c1ccccc1Cl)C1(N2CCCCC2)CCCC1. The number of likely N-dealkylation sites (tertiary alicyclic amines) is 1. The Morgan fingerprint density at radius 1 is 1.00 bits per heavy atom. The second-order valence-electron chi connectivity index (χ2n) is 6.36. The Morgan fingerprint density at radius 2 is 1.65 bits per heavy atom. The van der Waals surface area contributed by atoms with Crippen molar-refractivity contribution >= 4 is 11.6 Å². The van der Waals surface area contributed by atoms with Crippen LogP contribution in [0.5, 0.6) is 0 Å². The fourth-order valence-corrected chi connectivity index (χ4v) is 4.42. The van der Waals surface area contributed by atoms with Crippen molar-refractivity contribution in [2.75, 3.05) is 13.1 Å². The smallest absolute Gasteiger partial charge is 0.0497 e. The summed E-state index contributed by atoms with van der Waals surface area (Å²) in [4.78, 5) is 2.68. The summed E-state index contributed by atoms with van der Waals surface area (Å²) in [6, 6.07) is 8.16. The Hall–Kier alpha value is -0.570. The minimum absolute atomic E-state index is 0.0387. The molecule has 2 fully saturated rings. The summed E-state index contributed by atoms with van der Waals surface area (Å²) >= 11 is 6.40. The molecule has 0 aromatic heterocycles. The highest BCUT2D eigenvalue weighted by Gasteiger charge is 2.45. The van der Waals surface area contributed by atoms with Crippen molar-refractivity contribution in [3.63, 3.8) is 0 Å². The van der Waals surface area contributed by atoms with Gasteiger partial charge in [0, 0.05) is 16.6 Å². The van der Waals surface area contributed by atoms with Crippen LogP contribution >= 0.6 is 11.6 Å². The first-order valence-corrected chi connectivity index (χ1v) is 8.37. The summed E-state index contributed by atoms with van der Waals surface area (Å²) < 4.78 is 0. The molecule has 20 heavy (non-hydrogen) atoms. The average Bonchev–Trinajstić information content (AvgIpc) is 2.99. The van der Waals surface area contributed by atoms with Gasteiger partial charge in [0.2, 0.25) is 0 Å². The van der Waals surface area contributed by atoms with Crippen molar-refractivity contribution in [1.29, 1.82) is 0 Å². The third kappa shape index (κ3) is 2.49. The van der Waals surface area contributed by atoms with Gasteiger partial charge in [0.15, 0.2) is 0 Å². The molecule has 3 heteroatoms. The molecule has 1 aliphatic carbocycles. The molecule has 0 spiro atoms. The fourth-order valence-electron chi connectivity index (χ4n) is 4.17. The number of nitrogens with two attached hydrogens (primary N) is 1. The first kappa shape index (κ1) is 14.4. The number of benzene rings is 1. The van der Waals surface area contributed by atoms with Crippen LogP contribution in [0.1, 0.15) is 56.6 Å². The van der Waals surface area contributed by atoms with Crippen LogP contribution in [0.2, 0.25) is 5.02 Å². The maximum absolute atomic E-state index is 6.74. The van der Waals surface area contributed by atoms with Crippen molar-refractivity contribution in [1.82, 2.24) is 4.90 Å². The standard InChI is InChI=1S/C17H25ClN2/c18-15-9-3-2-8-14(15)16(19)17(10-4-5-11-17)20-12-6-1-7-13-20/h2-3,8-9,16H,1,4-7,10-13,19H2. The lowest BCUT2D eigenvalue weighted by molar-refractivity contribution is 0.0478. The molecule has 1 aromatic rings. The molecule has 0 amide bonds. The second kappa shape index (κ2) is 6.05. The summed E-state index contributed by atoms with van der Waals surface area (Å²) in [7, 11) is 0. The van der Waals surface area contributed by atoms with Crippen LogP contribution in [0.25, 0.3) is 0 Å². The lowest BCUT2D eigenvalue weighted by atomic mass is 9.81. The minimum atomic E-state index is 0.0387. The Kier molecular flexibility index (Phi) is 4.34. The minimum Gasteiger partial charge on any atom is -0.322 e. The van der Waals surface area contributed by atoms with Gasteiger partial charge in [-0.05, 0) is 50.4 Å². The Balaban J connectivity index is 1.91. The maximum atomic E-state index is 6.74. The van der Waals surface area contributed by atoms with Crippen LogP contribution in [0.15, 0.2) is 24.3 Å². The molecule has 2 N–H and O–H groups in total. The first-order valence-electron chi connectivity index (χ1n) is 7.99. The number of piperidine rings is 1. The van der Waals surface area contributed by atoms with Crippen molar-refractivity contribution in [3.8, 4) is 0 Å². The fraction of sp³-hybridized carbons (Fsp3) is 0.647. The number of nitrogens with zero attached hydrogens (tertiary/aromatic N) is 1. The van der Waals surface area contributed by atoms with E-state index in [0.717, 1.165) is 10.6 Å².